The van der Waals surface area contributed by atoms with E-state index in [9.17, 15) is 0 Å². The number of hydrogen-bond donors (Lipinski definition) is 0. The summed E-state index contributed by atoms with van der Waals surface area (Å²) in [5.74, 6) is 1.49. The van der Waals surface area contributed by atoms with Crippen LogP contribution in [0.3, 0.4) is 0 Å². The Hall–Kier alpha value is 0.688. The van der Waals surface area contributed by atoms with Crippen molar-refractivity contribution in [1.29, 1.82) is 0 Å². The van der Waals surface area contributed by atoms with E-state index in [0.717, 1.165) is 0 Å². The SMILES string of the molecule is C[C-](C)C(C)(C)C.[W]. The number of rotatable bonds is 0. The second-order valence-corrected chi connectivity index (χ2v) is 3.25. The second kappa shape index (κ2) is 3.66. The Morgan fingerprint density at radius 3 is 1.12 bits per heavy atom. The Bertz CT molecular complexity index is 49.9. The molecule has 50 valence electrons. The third-order valence-corrected chi connectivity index (χ3v) is 1.50. The van der Waals surface area contributed by atoms with E-state index in [-0.39, 0.29) is 21.1 Å². The topological polar surface area (TPSA) is 0 Å². The third-order valence-electron chi connectivity index (χ3n) is 1.50. The normalized spacial score (nSPS) is 11.2. The molecule has 0 radical (unpaired) electrons. The number of hydrogen-bond acceptors (Lipinski definition) is 0. The van der Waals surface area contributed by atoms with Gasteiger partial charge in [-0.1, -0.05) is 20.8 Å². The molecule has 0 spiro atoms. The van der Waals surface area contributed by atoms with Gasteiger partial charge in [-0.05, 0) is 0 Å². The molecule has 0 aromatic heterocycles. The summed E-state index contributed by atoms with van der Waals surface area (Å²) in [5, 5.41) is 0. The standard InChI is InChI=1S/C7H15.W/c1-6(2)7(3,4)5;/h1-5H3;/q-1;. The molecule has 0 aliphatic carbocycles. The van der Waals surface area contributed by atoms with Gasteiger partial charge in [0.2, 0.25) is 0 Å². The maximum Gasteiger partial charge on any atom is 0 e. The maximum absolute atomic E-state index is 2.22. The molecule has 8 heavy (non-hydrogen) atoms. The van der Waals surface area contributed by atoms with Crippen molar-refractivity contribution < 1.29 is 21.1 Å². The molecule has 0 bridgehead atoms. The van der Waals surface area contributed by atoms with Crippen molar-refractivity contribution in [3.8, 4) is 0 Å². The molecular formula is C7H15W-. The molecule has 0 aliphatic rings. The van der Waals surface area contributed by atoms with E-state index in [0.29, 0.717) is 5.41 Å². The van der Waals surface area contributed by atoms with Gasteiger partial charge < -0.3 is 5.92 Å². The largest absolute Gasteiger partial charge is 0.314 e. The molecule has 0 saturated heterocycles. The molecule has 0 rings (SSSR count). The smallest absolute Gasteiger partial charge is 0 e. The summed E-state index contributed by atoms with van der Waals surface area (Å²) in [6, 6.07) is 0. The predicted molar refractivity (Wildman–Crippen MR) is 34.0 cm³/mol. The molecular weight excluding hydrogens is 268 g/mol. The quantitative estimate of drug-likeness (QED) is 0.599. The van der Waals surface area contributed by atoms with Crippen LogP contribution in [0.25, 0.3) is 0 Å². The van der Waals surface area contributed by atoms with Crippen molar-refractivity contribution in [3.63, 3.8) is 0 Å². The first-order valence-electron chi connectivity index (χ1n) is 2.75. The Morgan fingerprint density at radius 1 is 1.00 bits per heavy atom. The first-order chi connectivity index (χ1) is 2.94. The Morgan fingerprint density at radius 2 is 1.12 bits per heavy atom. The fourth-order valence-corrected chi connectivity index (χ4v) is 0. The molecule has 0 saturated carbocycles. The van der Waals surface area contributed by atoms with Crippen molar-refractivity contribution in [2.45, 2.75) is 34.6 Å². The van der Waals surface area contributed by atoms with Gasteiger partial charge in [-0.3, -0.25) is 0 Å². The van der Waals surface area contributed by atoms with Gasteiger partial charge in [-0.15, -0.1) is 0 Å². The van der Waals surface area contributed by atoms with E-state index in [1.54, 1.807) is 0 Å². The van der Waals surface area contributed by atoms with E-state index in [1.165, 1.54) is 5.92 Å². The average Bonchev–Trinajstić information content (AvgIpc) is 1.31. The van der Waals surface area contributed by atoms with Crippen LogP contribution in [-0.2, 0) is 21.1 Å². The summed E-state index contributed by atoms with van der Waals surface area (Å²) >= 11 is 0. The van der Waals surface area contributed by atoms with Crippen molar-refractivity contribution in [1.82, 2.24) is 0 Å². The van der Waals surface area contributed by atoms with Crippen LogP contribution in [0.5, 0.6) is 0 Å². The van der Waals surface area contributed by atoms with Crippen LogP contribution in [0.15, 0.2) is 0 Å². The summed E-state index contributed by atoms with van der Waals surface area (Å²) < 4.78 is 0. The van der Waals surface area contributed by atoms with E-state index in [1.807, 2.05) is 0 Å². The van der Waals surface area contributed by atoms with Crippen molar-refractivity contribution in [3.05, 3.63) is 5.92 Å². The van der Waals surface area contributed by atoms with Crippen LogP contribution in [0.4, 0.5) is 0 Å². The molecule has 0 N–H and O–H groups in total. The van der Waals surface area contributed by atoms with Crippen LogP contribution in [0.1, 0.15) is 34.6 Å². The zero-order valence-electron chi connectivity index (χ0n) is 6.41. The minimum Gasteiger partial charge on any atom is -0.314 e. The van der Waals surface area contributed by atoms with Gasteiger partial charge in [-0.25, -0.2) is 0 Å². The molecule has 1 heteroatoms. The van der Waals surface area contributed by atoms with Gasteiger partial charge >= 0.3 is 0 Å². The maximum atomic E-state index is 2.22. The molecule has 0 nitrogen and oxygen atoms in total. The molecule has 0 fully saturated rings. The predicted octanol–water partition coefficient (Wildman–Crippen LogP) is 2.64. The van der Waals surface area contributed by atoms with Gasteiger partial charge in [0, 0.05) is 21.1 Å². The third kappa shape index (κ3) is 4.84. The zero-order valence-corrected chi connectivity index (χ0v) is 9.34. The van der Waals surface area contributed by atoms with E-state index in [4.69, 9.17) is 0 Å². The molecule has 0 aromatic rings. The second-order valence-electron chi connectivity index (χ2n) is 3.25. The van der Waals surface area contributed by atoms with E-state index < -0.39 is 0 Å². The average molecular weight is 283 g/mol. The Kier molecular flexibility index (Phi) is 5.26. The molecule has 0 heterocycles. The van der Waals surface area contributed by atoms with Gasteiger partial charge in [0.05, 0.1) is 0 Å². The van der Waals surface area contributed by atoms with Gasteiger partial charge in [0.25, 0.3) is 0 Å². The van der Waals surface area contributed by atoms with Gasteiger partial charge in [0.1, 0.15) is 0 Å². The fraction of sp³-hybridized carbons (Fsp3) is 0.857. The van der Waals surface area contributed by atoms with Crippen LogP contribution < -0.4 is 0 Å². The molecule has 0 unspecified atom stereocenters. The Balaban J connectivity index is 0. The van der Waals surface area contributed by atoms with Crippen LogP contribution >= 0.6 is 0 Å². The Labute approximate surface area is 67.3 Å². The zero-order chi connectivity index (χ0) is 6.08. The van der Waals surface area contributed by atoms with E-state index in [2.05, 4.69) is 34.6 Å². The summed E-state index contributed by atoms with van der Waals surface area (Å²) in [7, 11) is 0. The molecule has 0 amide bonds. The molecule has 0 atom stereocenters. The monoisotopic (exact) mass is 283 g/mol. The van der Waals surface area contributed by atoms with Crippen LogP contribution in [0.2, 0.25) is 0 Å². The summed E-state index contributed by atoms with van der Waals surface area (Å²) in [5.41, 5.74) is 0.417. The van der Waals surface area contributed by atoms with Crippen LogP contribution in [-0.4, -0.2) is 0 Å². The van der Waals surface area contributed by atoms with E-state index >= 15 is 0 Å². The fourth-order valence-electron chi connectivity index (χ4n) is 0. The van der Waals surface area contributed by atoms with Gasteiger partial charge in [0.15, 0.2) is 0 Å². The summed E-state index contributed by atoms with van der Waals surface area (Å²) in [6.45, 7) is 11.0. The van der Waals surface area contributed by atoms with Crippen LogP contribution in [0, 0.1) is 11.3 Å². The summed E-state index contributed by atoms with van der Waals surface area (Å²) in [4.78, 5) is 0. The van der Waals surface area contributed by atoms with Crippen molar-refractivity contribution >= 4 is 0 Å². The molecule has 0 aliphatic heterocycles. The minimum atomic E-state index is 0. The van der Waals surface area contributed by atoms with Gasteiger partial charge in [-0.2, -0.15) is 19.3 Å². The molecule has 0 aromatic carbocycles. The summed E-state index contributed by atoms with van der Waals surface area (Å²) in [6.07, 6.45) is 0. The van der Waals surface area contributed by atoms with Crippen molar-refractivity contribution in [2.75, 3.05) is 0 Å². The minimum absolute atomic E-state index is 0. The first-order valence-corrected chi connectivity index (χ1v) is 2.75. The first kappa shape index (κ1) is 11.5. The van der Waals surface area contributed by atoms with Crippen molar-refractivity contribution in [2.24, 2.45) is 5.41 Å².